The molecule has 0 heterocycles. The fraction of sp³-hybridized carbons (Fsp3) is 0.483. The van der Waals surface area contributed by atoms with Crippen LogP contribution in [0.25, 0.3) is 5.57 Å². The Labute approximate surface area is 190 Å². The number of rotatable bonds is 3. The predicted octanol–water partition coefficient (Wildman–Crippen LogP) is 6.07. The number of Topliss-reactive ketones (excluding diaryl/α,β-unsaturated/α-hetero) is 1. The maximum atomic E-state index is 13.7. The van der Waals surface area contributed by atoms with Crippen LogP contribution in [0.1, 0.15) is 55.2 Å². The Morgan fingerprint density at radius 2 is 1.72 bits per heavy atom. The molecule has 2 aromatic carbocycles. The Balaban J connectivity index is 1.30. The van der Waals surface area contributed by atoms with Crippen LogP contribution in [0, 0.1) is 29.1 Å². The molecule has 0 N–H and O–H groups in total. The molecule has 3 nitrogen and oxygen atoms in total. The van der Waals surface area contributed by atoms with E-state index >= 15 is 0 Å². The van der Waals surface area contributed by atoms with Crippen molar-refractivity contribution >= 4 is 11.4 Å². The Kier molecular flexibility index (Phi) is 4.54. The number of carbonyl (C=O) groups excluding carboxylic acids is 1. The number of hydrogen-bond acceptors (Lipinski definition) is 3. The number of carbonyl (C=O) groups is 1. The fourth-order valence-electron chi connectivity index (χ4n) is 7.91. The van der Waals surface area contributed by atoms with Gasteiger partial charge in [0, 0.05) is 11.5 Å². The van der Waals surface area contributed by atoms with Crippen molar-refractivity contribution in [1.82, 2.24) is 0 Å². The van der Waals surface area contributed by atoms with E-state index in [1.165, 1.54) is 24.8 Å². The van der Waals surface area contributed by atoms with Gasteiger partial charge in [-0.25, -0.2) is 0 Å². The van der Waals surface area contributed by atoms with Crippen LogP contribution in [-0.4, -0.2) is 20.0 Å². The zero-order chi connectivity index (χ0) is 22.0. The zero-order valence-corrected chi connectivity index (χ0v) is 19.3. The molecule has 0 saturated heterocycles. The highest BCUT2D eigenvalue weighted by Crippen LogP contribution is 2.67. The number of ketones is 1. The van der Waals surface area contributed by atoms with Crippen LogP contribution in [0.5, 0.6) is 11.5 Å². The first-order valence-electron chi connectivity index (χ1n) is 12.1. The molecule has 0 aromatic heterocycles. The van der Waals surface area contributed by atoms with E-state index in [1.807, 2.05) is 24.3 Å². The minimum Gasteiger partial charge on any atom is -0.497 e. The molecule has 0 aliphatic heterocycles. The van der Waals surface area contributed by atoms with Gasteiger partial charge in [0.1, 0.15) is 11.5 Å². The van der Waals surface area contributed by atoms with Crippen LogP contribution in [0.15, 0.2) is 48.5 Å². The molecule has 2 fully saturated rings. The van der Waals surface area contributed by atoms with Crippen LogP contribution in [-0.2, 0) is 11.2 Å². The minimum atomic E-state index is 0.123. The van der Waals surface area contributed by atoms with Gasteiger partial charge in [0.25, 0.3) is 0 Å². The Hall–Kier alpha value is -2.55. The molecular formula is C29H32O3. The van der Waals surface area contributed by atoms with Crippen LogP contribution < -0.4 is 9.47 Å². The number of allylic oxidation sites excluding steroid dienone is 2. The van der Waals surface area contributed by atoms with Gasteiger partial charge in [0.15, 0.2) is 5.78 Å². The van der Waals surface area contributed by atoms with E-state index in [2.05, 4.69) is 31.2 Å². The lowest BCUT2D eigenvalue weighted by atomic mass is 9.53. The molecule has 32 heavy (non-hydrogen) atoms. The van der Waals surface area contributed by atoms with E-state index in [-0.39, 0.29) is 11.3 Å². The molecule has 0 amide bonds. The molecule has 4 aliphatic carbocycles. The molecule has 2 aromatic rings. The highest BCUT2D eigenvalue weighted by Gasteiger charge is 2.61. The van der Waals surface area contributed by atoms with E-state index in [1.54, 1.807) is 19.8 Å². The topological polar surface area (TPSA) is 35.5 Å². The second-order valence-electron chi connectivity index (χ2n) is 10.6. The van der Waals surface area contributed by atoms with Crippen molar-refractivity contribution in [2.75, 3.05) is 14.2 Å². The second-order valence-corrected chi connectivity index (χ2v) is 10.6. The summed E-state index contributed by atoms with van der Waals surface area (Å²) < 4.78 is 10.8. The molecule has 0 bridgehead atoms. The first-order valence-corrected chi connectivity index (χ1v) is 12.1. The van der Waals surface area contributed by atoms with Gasteiger partial charge in [-0.15, -0.1) is 0 Å². The summed E-state index contributed by atoms with van der Waals surface area (Å²) >= 11 is 0. The summed E-state index contributed by atoms with van der Waals surface area (Å²) in [5, 5.41) is 0. The molecule has 2 saturated carbocycles. The van der Waals surface area contributed by atoms with Crippen molar-refractivity contribution in [3.8, 4) is 11.5 Å². The van der Waals surface area contributed by atoms with Gasteiger partial charge in [-0.2, -0.15) is 0 Å². The average Bonchev–Trinajstić information content (AvgIpc) is 3.32. The fourth-order valence-corrected chi connectivity index (χ4v) is 7.91. The molecule has 6 rings (SSSR count). The highest BCUT2D eigenvalue weighted by molar-refractivity contribution is 6.24. The van der Waals surface area contributed by atoms with Gasteiger partial charge in [-0.3, -0.25) is 4.79 Å². The zero-order valence-electron chi connectivity index (χ0n) is 19.3. The standard InChI is InChI=1S/C29H32O3/c1-29-13-12-23-22-11-9-21(32-3)14-18(22)6-10-24(23)26(29)16-19-15-25(28(30)27(19)29)17-4-7-20(31-2)8-5-17/h4-5,7-9,11,14-15,19,23-24,26-27H,6,10,12-13,16H2,1-3H3/t19-,23-,24-,26+,27+,29+/m1/s1. The van der Waals surface area contributed by atoms with Gasteiger partial charge in [-0.05, 0) is 102 Å². The van der Waals surface area contributed by atoms with Gasteiger partial charge in [0.2, 0.25) is 0 Å². The predicted molar refractivity (Wildman–Crippen MR) is 126 cm³/mol. The first-order chi connectivity index (χ1) is 15.5. The Bertz CT molecular complexity index is 1100. The molecule has 166 valence electrons. The van der Waals surface area contributed by atoms with Crippen molar-refractivity contribution in [3.05, 3.63) is 65.2 Å². The number of benzene rings is 2. The Morgan fingerprint density at radius 3 is 2.47 bits per heavy atom. The lowest BCUT2D eigenvalue weighted by Crippen LogP contribution is -2.44. The van der Waals surface area contributed by atoms with E-state index in [0.29, 0.717) is 29.5 Å². The number of ether oxygens (including phenoxy) is 2. The van der Waals surface area contributed by atoms with Crippen LogP contribution in [0.2, 0.25) is 0 Å². The van der Waals surface area contributed by atoms with E-state index in [4.69, 9.17) is 9.47 Å². The maximum absolute atomic E-state index is 13.7. The van der Waals surface area contributed by atoms with Gasteiger partial charge in [0.05, 0.1) is 14.2 Å². The third-order valence-electron chi connectivity index (χ3n) is 9.37. The van der Waals surface area contributed by atoms with Gasteiger partial charge < -0.3 is 9.47 Å². The van der Waals surface area contributed by atoms with Crippen molar-refractivity contribution < 1.29 is 14.3 Å². The van der Waals surface area contributed by atoms with E-state index in [9.17, 15) is 4.79 Å². The molecule has 4 aliphatic rings. The molecule has 6 atom stereocenters. The average molecular weight is 429 g/mol. The second kappa shape index (κ2) is 7.23. The monoisotopic (exact) mass is 428 g/mol. The molecule has 0 unspecified atom stereocenters. The summed E-state index contributed by atoms with van der Waals surface area (Å²) in [6.07, 6.45) is 8.21. The van der Waals surface area contributed by atoms with E-state index in [0.717, 1.165) is 35.5 Å². The minimum absolute atomic E-state index is 0.123. The summed E-state index contributed by atoms with van der Waals surface area (Å²) in [6.45, 7) is 2.44. The normalized spacial score (nSPS) is 34.8. The third kappa shape index (κ3) is 2.76. The summed E-state index contributed by atoms with van der Waals surface area (Å²) in [5.41, 5.74) is 5.12. The van der Waals surface area contributed by atoms with Crippen LogP contribution in [0.4, 0.5) is 0 Å². The third-order valence-corrected chi connectivity index (χ3v) is 9.37. The molecular weight excluding hydrogens is 396 g/mol. The SMILES string of the molecule is COc1ccc(C2=C[C@@H]3C[C@H]4[C@@H]5CCc6cc(OC)ccc6[C@H]5CC[C@]4(C)[C@@H]3C2=O)cc1. The number of methoxy groups -OCH3 is 2. The van der Waals surface area contributed by atoms with E-state index < -0.39 is 0 Å². The smallest absolute Gasteiger partial charge is 0.167 e. The lowest BCUT2D eigenvalue weighted by molar-refractivity contribution is -0.122. The van der Waals surface area contributed by atoms with Crippen molar-refractivity contribution in [1.29, 1.82) is 0 Å². The summed E-state index contributed by atoms with van der Waals surface area (Å²) in [7, 11) is 3.43. The quantitative estimate of drug-likeness (QED) is 0.595. The molecule has 0 spiro atoms. The lowest BCUT2D eigenvalue weighted by Gasteiger charge is -2.50. The maximum Gasteiger partial charge on any atom is 0.167 e. The van der Waals surface area contributed by atoms with Crippen LogP contribution >= 0.6 is 0 Å². The number of aryl methyl sites for hydroxylation is 1. The van der Waals surface area contributed by atoms with Crippen LogP contribution in [0.3, 0.4) is 0 Å². The van der Waals surface area contributed by atoms with Crippen molar-refractivity contribution in [2.45, 2.75) is 44.9 Å². The number of fused-ring (bicyclic) bond motifs is 7. The summed E-state index contributed by atoms with van der Waals surface area (Å²) in [6, 6.07) is 14.7. The molecule has 0 radical (unpaired) electrons. The van der Waals surface area contributed by atoms with Gasteiger partial charge in [-0.1, -0.05) is 31.2 Å². The highest BCUT2D eigenvalue weighted by atomic mass is 16.5. The Morgan fingerprint density at radius 1 is 0.969 bits per heavy atom. The van der Waals surface area contributed by atoms with Crippen molar-refractivity contribution in [2.24, 2.45) is 29.1 Å². The largest absolute Gasteiger partial charge is 0.497 e. The number of hydrogen-bond donors (Lipinski definition) is 0. The first kappa shape index (κ1) is 20.1. The summed E-state index contributed by atoms with van der Waals surface area (Å²) in [4.78, 5) is 13.7. The van der Waals surface area contributed by atoms with Crippen molar-refractivity contribution in [3.63, 3.8) is 0 Å². The molecule has 3 heteroatoms. The van der Waals surface area contributed by atoms with Gasteiger partial charge >= 0.3 is 0 Å². The summed E-state index contributed by atoms with van der Waals surface area (Å²) in [5.74, 6) is 4.72.